The molecular weight excluding hydrogens is 293 g/mol. The SMILES string of the molecule is CCCNC(Cc1cccs1)Cc1cccc(Cl)c1F. The lowest BCUT2D eigenvalue weighted by molar-refractivity contribution is 0.495. The average Bonchev–Trinajstić information content (AvgIpc) is 2.94. The maximum atomic E-state index is 14.0. The van der Waals surface area contributed by atoms with Gasteiger partial charge in [-0.3, -0.25) is 0 Å². The summed E-state index contributed by atoms with van der Waals surface area (Å²) in [5, 5.41) is 5.78. The standard InChI is InChI=1S/C16H19ClFNS/c1-2-8-19-13(11-14-6-4-9-20-14)10-12-5-3-7-15(17)16(12)18/h3-7,9,13,19H,2,8,10-11H2,1H3. The van der Waals surface area contributed by atoms with Crippen molar-refractivity contribution < 1.29 is 4.39 Å². The van der Waals surface area contributed by atoms with Gasteiger partial charge in [-0.1, -0.05) is 36.7 Å². The summed E-state index contributed by atoms with van der Waals surface area (Å²) in [5.41, 5.74) is 0.683. The molecule has 0 saturated carbocycles. The molecule has 1 nitrogen and oxygen atoms in total. The number of thiophene rings is 1. The Labute approximate surface area is 128 Å². The summed E-state index contributed by atoms with van der Waals surface area (Å²) >= 11 is 7.59. The van der Waals surface area contributed by atoms with Crippen LogP contribution in [0.4, 0.5) is 4.39 Å². The Bertz CT molecular complexity index is 527. The van der Waals surface area contributed by atoms with Crippen LogP contribution in [0.2, 0.25) is 5.02 Å². The van der Waals surface area contributed by atoms with E-state index in [9.17, 15) is 4.39 Å². The third-order valence-electron chi connectivity index (χ3n) is 3.21. The number of hydrogen-bond donors (Lipinski definition) is 1. The maximum absolute atomic E-state index is 14.0. The monoisotopic (exact) mass is 311 g/mol. The highest BCUT2D eigenvalue weighted by Crippen LogP contribution is 2.20. The van der Waals surface area contributed by atoms with Crippen LogP contribution in [0.25, 0.3) is 0 Å². The van der Waals surface area contributed by atoms with E-state index in [1.807, 2.05) is 12.1 Å². The number of hydrogen-bond acceptors (Lipinski definition) is 2. The van der Waals surface area contributed by atoms with Crippen molar-refractivity contribution in [3.05, 3.63) is 57.0 Å². The Balaban J connectivity index is 2.08. The van der Waals surface area contributed by atoms with Crippen molar-refractivity contribution in [1.82, 2.24) is 5.32 Å². The van der Waals surface area contributed by atoms with Gasteiger partial charge in [-0.05, 0) is 48.9 Å². The number of benzene rings is 1. The molecule has 0 bridgehead atoms. The molecule has 1 atom stereocenters. The second-order valence-electron chi connectivity index (χ2n) is 4.85. The fourth-order valence-corrected chi connectivity index (χ4v) is 3.19. The van der Waals surface area contributed by atoms with Crippen LogP contribution in [0, 0.1) is 5.82 Å². The van der Waals surface area contributed by atoms with E-state index in [2.05, 4.69) is 29.8 Å². The number of halogens is 2. The summed E-state index contributed by atoms with van der Waals surface area (Å²) in [5.74, 6) is -0.288. The summed E-state index contributed by atoms with van der Waals surface area (Å²) in [6.45, 7) is 3.08. The zero-order valence-electron chi connectivity index (χ0n) is 11.5. The van der Waals surface area contributed by atoms with Crippen LogP contribution in [-0.2, 0) is 12.8 Å². The van der Waals surface area contributed by atoms with E-state index in [-0.39, 0.29) is 16.9 Å². The highest BCUT2D eigenvalue weighted by Gasteiger charge is 2.14. The van der Waals surface area contributed by atoms with Gasteiger partial charge >= 0.3 is 0 Å². The molecule has 0 saturated heterocycles. The van der Waals surface area contributed by atoms with Crippen molar-refractivity contribution in [1.29, 1.82) is 0 Å². The van der Waals surface area contributed by atoms with Crippen LogP contribution < -0.4 is 5.32 Å². The van der Waals surface area contributed by atoms with E-state index < -0.39 is 0 Å². The van der Waals surface area contributed by atoms with Crippen LogP contribution in [0.5, 0.6) is 0 Å². The van der Waals surface area contributed by atoms with E-state index in [0.29, 0.717) is 12.0 Å². The molecule has 4 heteroatoms. The lowest BCUT2D eigenvalue weighted by Crippen LogP contribution is -2.33. The normalized spacial score (nSPS) is 12.6. The summed E-state index contributed by atoms with van der Waals surface area (Å²) in [4.78, 5) is 1.32. The predicted octanol–water partition coefficient (Wildman–Crippen LogP) is 4.69. The fourth-order valence-electron chi connectivity index (χ4n) is 2.21. The van der Waals surface area contributed by atoms with E-state index in [0.717, 1.165) is 19.4 Å². The Morgan fingerprint density at radius 3 is 2.80 bits per heavy atom. The third kappa shape index (κ3) is 4.30. The number of nitrogens with one attached hydrogen (secondary N) is 1. The van der Waals surface area contributed by atoms with Crippen LogP contribution in [-0.4, -0.2) is 12.6 Å². The number of rotatable bonds is 7. The highest BCUT2D eigenvalue weighted by molar-refractivity contribution is 7.09. The van der Waals surface area contributed by atoms with Gasteiger partial charge in [0.25, 0.3) is 0 Å². The first-order valence-corrected chi connectivity index (χ1v) is 8.15. The van der Waals surface area contributed by atoms with Crippen molar-refractivity contribution in [2.24, 2.45) is 0 Å². The summed E-state index contributed by atoms with van der Waals surface area (Å²) in [7, 11) is 0. The van der Waals surface area contributed by atoms with E-state index in [4.69, 9.17) is 11.6 Å². The molecule has 0 aliphatic heterocycles. The first-order valence-electron chi connectivity index (χ1n) is 6.89. The van der Waals surface area contributed by atoms with Crippen LogP contribution in [0.3, 0.4) is 0 Å². The van der Waals surface area contributed by atoms with E-state index in [1.165, 1.54) is 4.88 Å². The Kier molecular flexibility index (Phi) is 6.02. The first kappa shape index (κ1) is 15.5. The van der Waals surface area contributed by atoms with Crippen LogP contribution >= 0.6 is 22.9 Å². The predicted molar refractivity (Wildman–Crippen MR) is 85.2 cm³/mol. The van der Waals surface area contributed by atoms with Gasteiger partial charge in [0.2, 0.25) is 0 Å². The largest absolute Gasteiger partial charge is 0.313 e. The molecule has 1 heterocycles. The van der Waals surface area contributed by atoms with Crippen molar-refractivity contribution in [3.63, 3.8) is 0 Å². The zero-order valence-corrected chi connectivity index (χ0v) is 13.1. The van der Waals surface area contributed by atoms with Gasteiger partial charge < -0.3 is 5.32 Å². The minimum atomic E-state index is -0.288. The van der Waals surface area contributed by atoms with Gasteiger partial charge in [-0.2, -0.15) is 0 Å². The zero-order chi connectivity index (χ0) is 14.4. The van der Waals surface area contributed by atoms with Gasteiger partial charge in [-0.25, -0.2) is 4.39 Å². The Morgan fingerprint density at radius 2 is 2.10 bits per heavy atom. The van der Waals surface area contributed by atoms with E-state index >= 15 is 0 Å². The van der Waals surface area contributed by atoms with Gasteiger partial charge in [0.05, 0.1) is 5.02 Å². The molecule has 2 rings (SSSR count). The molecule has 1 aromatic heterocycles. The summed E-state index contributed by atoms with van der Waals surface area (Å²) in [6.07, 6.45) is 2.65. The molecule has 1 unspecified atom stereocenters. The molecule has 0 radical (unpaired) electrons. The molecule has 0 fully saturated rings. The van der Waals surface area contributed by atoms with Gasteiger partial charge in [0.15, 0.2) is 0 Å². The molecule has 108 valence electrons. The van der Waals surface area contributed by atoms with Crippen molar-refractivity contribution in [3.8, 4) is 0 Å². The summed E-state index contributed by atoms with van der Waals surface area (Å²) < 4.78 is 14.0. The molecule has 1 N–H and O–H groups in total. The summed E-state index contributed by atoms with van der Waals surface area (Å²) in [6, 6.07) is 9.63. The van der Waals surface area contributed by atoms with Crippen molar-refractivity contribution in [2.45, 2.75) is 32.2 Å². The maximum Gasteiger partial charge on any atom is 0.145 e. The molecule has 0 amide bonds. The molecule has 0 spiro atoms. The van der Waals surface area contributed by atoms with Gasteiger partial charge in [-0.15, -0.1) is 11.3 Å². The first-order chi connectivity index (χ1) is 9.70. The molecule has 2 aromatic rings. The minimum Gasteiger partial charge on any atom is -0.313 e. The average molecular weight is 312 g/mol. The minimum absolute atomic E-state index is 0.202. The Morgan fingerprint density at radius 1 is 1.25 bits per heavy atom. The molecule has 1 aromatic carbocycles. The van der Waals surface area contributed by atoms with Crippen molar-refractivity contribution >= 4 is 22.9 Å². The van der Waals surface area contributed by atoms with Crippen molar-refractivity contribution in [2.75, 3.05) is 6.54 Å². The van der Waals surface area contributed by atoms with Crippen LogP contribution in [0.15, 0.2) is 35.7 Å². The molecule has 20 heavy (non-hydrogen) atoms. The quantitative estimate of drug-likeness (QED) is 0.782. The second-order valence-corrected chi connectivity index (χ2v) is 6.29. The Hall–Kier alpha value is -0.900. The van der Waals surface area contributed by atoms with Crippen LogP contribution in [0.1, 0.15) is 23.8 Å². The fraction of sp³-hybridized carbons (Fsp3) is 0.375. The third-order valence-corrected chi connectivity index (χ3v) is 4.40. The smallest absolute Gasteiger partial charge is 0.145 e. The topological polar surface area (TPSA) is 12.0 Å². The van der Waals surface area contributed by atoms with E-state index in [1.54, 1.807) is 17.4 Å². The molecule has 0 aliphatic carbocycles. The van der Waals surface area contributed by atoms with Gasteiger partial charge in [0, 0.05) is 10.9 Å². The highest BCUT2D eigenvalue weighted by atomic mass is 35.5. The molecular formula is C16H19ClFNS. The lowest BCUT2D eigenvalue weighted by Gasteiger charge is -2.18. The van der Waals surface area contributed by atoms with Gasteiger partial charge in [0.1, 0.15) is 5.82 Å². The second kappa shape index (κ2) is 7.77. The molecule has 0 aliphatic rings. The lowest BCUT2D eigenvalue weighted by atomic mass is 10.0.